The number of esters is 2. The molecule has 154 valence electrons. The molecule has 1 aliphatic heterocycles. The standard InChI is InChI=1S/C22H30O6/c1-13-11-16(28-14(2)23)12-18-21(13,3)9-6-17(19(24)25)22(18,4)8-5-15-7-10-27-20(15)26/h7,11,16-18H,5-6,8-10,12H2,1-4H3,(H,24,25)/t16-,17-,18-,21-,22-/m0/s1. The fraction of sp³-hybridized carbons (Fsp3) is 0.682. The van der Waals surface area contributed by atoms with E-state index in [9.17, 15) is 19.5 Å². The molecule has 1 fully saturated rings. The van der Waals surface area contributed by atoms with E-state index in [4.69, 9.17) is 9.47 Å². The second-order valence-electron chi connectivity index (χ2n) is 8.97. The molecule has 0 spiro atoms. The molecule has 6 nitrogen and oxygen atoms in total. The molecule has 2 aliphatic carbocycles. The zero-order valence-electron chi connectivity index (χ0n) is 17.1. The molecule has 5 atom stereocenters. The average Bonchev–Trinajstić information content (AvgIpc) is 3.00. The van der Waals surface area contributed by atoms with Crippen LogP contribution in [0, 0.1) is 22.7 Å². The van der Waals surface area contributed by atoms with Crippen LogP contribution < -0.4 is 0 Å². The summed E-state index contributed by atoms with van der Waals surface area (Å²) in [7, 11) is 0. The summed E-state index contributed by atoms with van der Waals surface area (Å²) < 4.78 is 10.5. The van der Waals surface area contributed by atoms with E-state index in [-0.39, 0.29) is 29.4 Å². The maximum absolute atomic E-state index is 12.1. The van der Waals surface area contributed by atoms with Crippen LogP contribution in [-0.2, 0) is 23.9 Å². The van der Waals surface area contributed by atoms with Crippen molar-refractivity contribution < 1.29 is 29.0 Å². The van der Waals surface area contributed by atoms with Crippen LogP contribution in [-0.4, -0.2) is 35.7 Å². The van der Waals surface area contributed by atoms with Gasteiger partial charge in [0.1, 0.15) is 12.7 Å². The zero-order chi connectivity index (χ0) is 20.7. The van der Waals surface area contributed by atoms with Crippen LogP contribution in [0.5, 0.6) is 0 Å². The van der Waals surface area contributed by atoms with Gasteiger partial charge < -0.3 is 14.6 Å². The van der Waals surface area contributed by atoms with Crippen molar-refractivity contribution in [1.82, 2.24) is 0 Å². The Labute approximate surface area is 166 Å². The molecular formula is C22H30O6. The highest BCUT2D eigenvalue weighted by atomic mass is 16.5. The highest BCUT2D eigenvalue weighted by Crippen LogP contribution is 2.62. The van der Waals surface area contributed by atoms with Crippen molar-refractivity contribution in [2.24, 2.45) is 22.7 Å². The lowest BCUT2D eigenvalue weighted by molar-refractivity contribution is -0.162. The summed E-state index contributed by atoms with van der Waals surface area (Å²) in [4.78, 5) is 35.5. The number of carboxylic acids is 1. The minimum atomic E-state index is -0.788. The predicted molar refractivity (Wildman–Crippen MR) is 102 cm³/mol. The van der Waals surface area contributed by atoms with Crippen molar-refractivity contribution in [3.8, 4) is 0 Å². The van der Waals surface area contributed by atoms with Crippen LogP contribution in [0.4, 0.5) is 0 Å². The first-order valence-electron chi connectivity index (χ1n) is 10.0. The lowest BCUT2D eigenvalue weighted by Gasteiger charge is -2.58. The van der Waals surface area contributed by atoms with Gasteiger partial charge in [-0.05, 0) is 67.9 Å². The van der Waals surface area contributed by atoms with Gasteiger partial charge in [-0.2, -0.15) is 0 Å². The van der Waals surface area contributed by atoms with E-state index in [0.717, 1.165) is 12.0 Å². The molecule has 0 saturated heterocycles. The molecular weight excluding hydrogens is 360 g/mol. The van der Waals surface area contributed by atoms with Gasteiger partial charge in [-0.15, -0.1) is 0 Å². The number of aliphatic carboxylic acids is 1. The number of hydrogen-bond donors (Lipinski definition) is 1. The van der Waals surface area contributed by atoms with E-state index in [0.29, 0.717) is 37.9 Å². The van der Waals surface area contributed by atoms with Crippen molar-refractivity contribution >= 4 is 17.9 Å². The molecule has 0 bridgehead atoms. The Bertz CT molecular complexity index is 750. The third-order valence-electron chi connectivity index (χ3n) is 7.47. The van der Waals surface area contributed by atoms with Crippen molar-refractivity contribution in [1.29, 1.82) is 0 Å². The van der Waals surface area contributed by atoms with Gasteiger partial charge in [0.25, 0.3) is 0 Å². The van der Waals surface area contributed by atoms with Crippen molar-refractivity contribution in [3.63, 3.8) is 0 Å². The minimum absolute atomic E-state index is 0.0437. The van der Waals surface area contributed by atoms with Crippen LogP contribution in [0.1, 0.15) is 59.8 Å². The number of hydrogen-bond acceptors (Lipinski definition) is 5. The summed E-state index contributed by atoms with van der Waals surface area (Å²) in [6.07, 6.45) is 6.58. The van der Waals surface area contributed by atoms with Crippen LogP contribution in [0.15, 0.2) is 23.3 Å². The van der Waals surface area contributed by atoms with Crippen molar-refractivity contribution in [2.45, 2.75) is 65.9 Å². The largest absolute Gasteiger partial charge is 0.481 e. The third-order valence-corrected chi connectivity index (χ3v) is 7.47. The predicted octanol–water partition coefficient (Wildman–Crippen LogP) is 3.65. The molecule has 0 aromatic heterocycles. The van der Waals surface area contributed by atoms with Crippen LogP contribution >= 0.6 is 0 Å². The molecule has 1 N–H and O–H groups in total. The van der Waals surface area contributed by atoms with Crippen LogP contribution in [0.25, 0.3) is 0 Å². The Morgan fingerprint density at radius 2 is 2.07 bits per heavy atom. The van der Waals surface area contributed by atoms with E-state index in [1.807, 2.05) is 13.0 Å². The molecule has 0 amide bonds. The van der Waals surface area contributed by atoms with E-state index in [1.54, 1.807) is 6.08 Å². The molecule has 0 radical (unpaired) electrons. The van der Waals surface area contributed by atoms with Gasteiger partial charge in [-0.3, -0.25) is 9.59 Å². The van der Waals surface area contributed by atoms with Gasteiger partial charge in [0.15, 0.2) is 0 Å². The van der Waals surface area contributed by atoms with Crippen molar-refractivity contribution in [2.75, 3.05) is 6.61 Å². The quantitative estimate of drug-likeness (QED) is 0.569. The Balaban J connectivity index is 1.94. The maximum Gasteiger partial charge on any atom is 0.334 e. The summed E-state index contributed by atoms with van der Waals surface area (Å²) in [6, 6.07) is 0. The Morgan fingerprint density at radius 3 is 2.64 bits per heavy atom. The van der Waals surface area contributed by atoms with E-state index in [2.05, 4.69) is 13.8 Å². The fourth-order valence-electron chi connectivity index (χ4n) is 5.74. The number of carboxylic acid groups (broad SMARTS) is 1. The number of carbonyl (C=O) groups excluding carboxylic acids is 2. The third kappa shape index (κ3) is 3.49. The van der Waals surface area contributed by atoms with E-state index >= 15 is 0 Å². The molecule has 6 heteroatoms. The normalized spacial score (nSPS) is 37.4. The van der Waals surface area contributed by atoms with Crippen LogP contribution in [0.2, 0.25) is 0 Å². The summed E-state index contributed by atoms with van der Waals surface area (Å²) >= 11 is 0. The SMILES string of the molecule is CC(=O)O[C@H]1C=C(C)[C@]2(C)CC[C@@H](C(=O)O)[C@](C)(CCC3=CCOC3=O)[C@H]2C1. The molecule has 0 aromatic carbocycles. The summed E-state index contributed by atoms with van der Waals surface area (Å²) in [6.45, 7) is 7.99. The molecule has 0 unspecified atom stereocenters. The topological polar surface area (TPSA) is 89.9 Å². The number of rotatable bonds is 5. The second-order valence-corrected chi connectivity index (χ2v) is 8.97. The Kier molecular flexibility index (Phi) is 5.43. The summed E-state index contributed by atoms with van der Waals surface area (Å²) in [5.41, 5.74) is 1.14. The average molecular weight is 390 g/mol. The van der Waals surface area contributed by atoms with Gasteiger partial charge in [-0.25, -0.2) is 4.79 Å². The zero-order valence-corrected chi connectivity index (χ0v) is 17.1. The first-order chi connectivity index (χ1) is 13.1. The molecule has 3 rings (SSSR count). The number of cyclic esters (lactones) is 1. The maximum atomic E-state index is 12.1. The number of allylic oxidation sites excluding steroid dienone is 1. The highest BCUT2D eigenvalue weighted by molar-refractivity contribution is 5.90. The van der Waals surface area contributed by atoms with Gasteiger partial charge in [0.05, 0.1) is 5.92 Å². The molecule has 1 heterocycles. The molecule has 3 aliphatic rings. The molecule has 28 heavy (non-hydrogen) atoms. The van der Waals surface area contributed by atoms with Gasteiger partial charge in [0, 0.05) is 12.5 Å². The summed E-state index contributed by atoms with van der Waals surface area (Å²) in [5.74, 6) is -1.87. The van der Waals surface area contributed by atoms with Gasteiger partial charge in [-0.1, -0.05) is 19.4 Å². The fourth-order valence-corrected chi connectivity index (χ4v) is 5.74. The monoisotopic (exact) mass is 390 g/mol. The van der Waals surface area contributed by atoms with E-state index < -0.39 is 17.3 Å². The Morgan fingerprint density at radius 1 is 1.36 bits per heavy atom. The first-order valence-corrected chi connectivity index (χ1v) is 10.0. The van der Waals surface area contributed by atoms with Gasteiger partial charge >= 0.3 is 17.9 Å². The minimum Gasteiger partial charge on any atom is -0.481 e. The van der Waals surface area contributed by atoms with Gasteiger partial charge in [0.2, 0.25) is 0 Å². The smallest absolute Gasteiger partial charge is 0.334 e. The lowest BCUT2D eigenvalue weighted by atomic mass is 9.46. The molecule has 1 saturated carbocycles. The number of fused-ring (bicyclic) bond motifs is 1. The summed E-state index contributed by atoms with van der Waals surface area (Å²) in [5, 5.41) is 9.96. The molecule has 0 aromatic rings. The highest BCUT2D eigenvalue weighted by Gasteiger charge is 2.57. The first kappa shape index (κ1) is 20.6. The Hall–Kier alpha value is -2.11. The van der Waals surface area contributed by atoms with Crippen LogP contribution in [0.3, 0.4) is 0 Å². The van der Waals surface area contributed by atoms with Crippen molar-refractivity contribution in [3.05, 3.63) is 23.3 Å². The van der Waals surface area contributed by atoms with E-state index in [1.165, 1.54) is 6.92 Å². The number of ether oxygens (including phenoxy) is 2. The number of carbonyl (C=O) groups is 3. The second kappa shape index (κ2) is 7.37. The lowest BCUT2D eigenvalue weighted by Crippen LogP contribution is -2.54.